The van der Waals surface area contributed by atoms with E-state index in [4.69, 9.17) is 9.84 Å². The maximum Gasteiger partial charge on any atom is 0.307 e. The minimum atomic E-state index is -0.842. The second-order valence-electron chi connectivity index (χ2n) is 5.15. The molecule has 1 N–H and O–H groups in total. The standard InChI is InChI=1S/C19H16O3/c20-19(21)12-16-11-17(10-15-8-4-5-9-18(15)16)22-13-14-6-2-1-3-7-14/h1-11H,12-13H2,(H,20,21). The maximum absolute atomic E-state index is 11.1. The monoisotopic (exact) mass is 292 g/mol. The molecule has 110 valence electrons. The van der Waals surface area contributed by atoms with Crippen LogP contribution in [0.1, 0.15) is 11.1 Å². The smallest absolute Gasteiger partial charge is 0.307 e. The molecule has 0 saturated heterocycles. The summed E-state index contributed by atoms with van der Waals surface area (Å²) in [5.74, 6) is -0.149. The number of rotatable bonds is 5. The summed E-state index contributed by atoms with van der Waals surface area (Å²) >= 11 is 0. The molecule has 3 aromatic carbocycles. The first-order valence-corrected chi connectivity index (χ1v) is 7.12. The Morgan fingerprint density at radius 2 is 1.68 bits per heavy atom. The number of aliphatic carboxylic acids is 1. The number of ether oxygens (including phenoxy) is 1. The van der Waals surface area contributed by atoms with Crippen LogP contribution in [0.15, 0.2) is 66.7 Å². The number of hydrogen-bond acceptors (Lipinski definition) is 2. The van der Waals surface area contributed by atoms with E-state index in [0.717, 1.165) is 21.9 Å². The molecule has 3 heteroatoms. The summed E-state index contributed by atoms with van der Waals surface area (Å²) in [6.45, 7) is 0.464. The zero-order chi connectivity index (χ0) is 15.4. The lowest BCUT2D eigenvalue weighted by atomic mass is 10.0. The van der Waals surface area contributed by atoms with Crippen molar-refractivity contribution >= 4 is 16.7 Å². The third kappa shape index (κ3) is 3.26. The molecule has 0 radical (unpaired) electrons. The van der Waals surface area contributed by atoms with Gasteiger partial charge in [0, 0.05) is 0 Å². The Morgan fingerprint density at radius 3 is 2.45 bits per heavy atom. The van der Waals surface area contributed by atoms with Crippen LogP contribution in [0.4, 0.5) is 0 Å². The van der Waals surface area contributed by atoms with Crippen molar-refractivity contribution in [2.24, 2.45) is 0 Å². The van der Waals surface area contributed by atoms with Gasteiger partial charge in [-0.3, -0.25) is 4.79 Å². The number of benzene rings is 3. The van der Waals surface area contributed by atoms with Crippen molar-refractivity contribution in [1.29, 1.82) is 0 Å². The van der Waals surface area contributed by atoms with Crippen molar-refractivity contribution in [3.8, 4) is 5.75 Å². The fraction of sp³-hybridized carbons (Fsp3) is 0.105. The summed E-state index contributed by atoms with van der Waals surface area (Å²) in [7, 11) is 0. The van der Waals surface area contributed by atoms with Gasteiger partial charge in [0.05, 0.1) is 6.42 Å². The molecule has 0 bridgehead atoms. The number of carboxylic acids is 1. The molecule has 0 aromatic heterocycles. The summed E-state index contributed by atoms with van der Waals surface area (Å²) in [5, 5.41) is 11.0. The SMILES string of the molecule is O=C(O)Cc1cc(OCc2ccccc2)cc2ccccc12. The van der Waals surface area contributed by atoms with E-state index in [-0.39, 0.29) is 6.42 Å². The van der Waals surface area contributed by atoms with E-state index in [1.165, 1.54) is 0 Å². The molecule has 3 aromatic rings. The number of carbonyl (C=O) groups is 1. The molecule has 0 spiro atoms. The van der Waals surface area contributed by atoms with Gasteiger partial charge in [-0.1, -0.05) is 54.6 Å². The third-order valence-electron chi connectivity index (χ3n) is 3.51. The molecule has 0 aliphatic rings. The highest BCUT2D eigenvalue weighted by molar-refractivity contribution is 5.90. The van der Waals surface area contributed by atoms with E-state index in [0.29, 0.717) is 12.4 Å². The van der Waals surface area contributed by atoms with Gasteiger partial charge < -0.3 is 9.84 Å². The second-order valence-corrected chi connectivity index (χ2v) is 5.15. The number of fused-ring (bicyclic) bond motifs is 1. The van der Waals surface area contributed by atoms with Crippen LogP contribution in [-0.2, 0) is 17.8 Å². The van der Waals surface area contributed by atoms with Crippen LogP contribution >= 0.6 is 0 Å². The average molecular weight is 292 g/mol. The van der Waals surface area contributed by atoms with E-state index < -0.39 is 5.97 Å². The van der Waals surface area contributed by atoms with Gasteiger partial charge in [0.1, 0.15) is 12.4 Å². The predicted molar refractivity (Wildman–Crippen MR) is 86.1 cm³/mol. The normalized spacial score (nSPS) is 10.5. The molecule has 0 saturated carbocycles. The van der Waals surface area contributed by atoms with Crippen molar-refractivity contribution < 1.29 is 14.6 Å². The molecule has 0 aliphatic heterocycles. The Bertz CT molecular complexity index is 794. The zero-order valence-electron chi connectivity index (χ0n) is 12.0. The molecule has 0 unspecified atom stereocenters. The summed E-state index contributed by atoms with van der Waals surface area (Å²) < 4.78 is 5.83. The van der Waals surface area contributed by atoms with E-state index in [2.05, 4.69) is 0 Å². The van der Waals surface area contributed by atoms with Crippen LogP contribution in [0.3, 0.4) is 0 Å². The van der Waals surface area contributed by atoms with E-state index >= 15 is 0 Å². The highest BCUT2D eigenvalue weighted by Crippen LogP contribution is 2.26. The Balaban J connectivity index is 1.91. The van der Waals surface area contributed by atoms with Gasteiger partial charge in [-0.15, -0.1) is 0 Å². The highest BCUT2D eigenvalue weighted by atomic mass is 16.5. The Hall–Kier alpha value is -2.81. The van der Waals surface area contributed by atoms with Crippen molar-refractivity contribution in [3.63, 3.8) is 0 Å². The number of hydrogen-bond donors (Lipinski definition) is 1. The molecular weight excluding hydrogens is 276 g/mol. The van der Waals surface area contributed by atoms with Gasteiger partial charge in [-0.25, -0.2) is 0 Å². The highest BCUT2D eigenvalue weighted by Gasteiger charge is 2.08. The first-order valence-electron chi connectivity index (χ1n) is 7.12. The summed E-state index contributed by atoms with van der Waals surface area (Å²) in [4.78, 5) is 11.1. The summed E-state index contributed by atoms with van der Waals surface area (Å²) in [6.07, 6.45) is -0.0109. The molecule has 0 fully saturated rings. The van der Waals surface area contributed by atoms with E-state index in [1.54, 1.807) is 0 Å². The predicted octanol–water partition coefficient (Wildman–Crippen LogP) is 4.05. The van der Waals surface area contributed by atoms with E-state index in [1.807, 2.05) is 66.7 Å². The van der Waals surface area contributed by atoms with Gasteiger partial charge >= 0.3 is 5.97 Å². The lowest BCUT2D eigenvalue weighted by molar-refractivity contribution is -0.136. The number of carboxylic acid groups (broad SMARTS) is 1. The Kier molecular flexibility index (Phi) is 4.05. The van der Waals surface area contributed by atoms with Gasteiger partial charge in [-0.05, 0) is 34.0 Å². The van der Waals surface area contributed by atoms with Crippen molar-refractivity contribution in [2.75, 3.05) is 0 Å². The minimum absolute atomic E-state index is 0.0109. The average Bonchev–Trinajstić information content (AvgIpc) is 2.53. The van der Waals surface area contributed by atoms with Crippen molar-refractivity contribution in [2.45, 2.75) is 13.0 Å². The molecule has 3 rings (SSSR count). The van der Waals surface area contributed by atoms with Gasteiger partial charge in [0.15, 0.2) is 0 Å². The van der Waals surface area contributed by atoms with Crippen molar-refractivity contribution in [1.82, 2.24) is 0 Å². The fourth-order valence-corrected chi connectivity index (χ4v) is 2.49. The molecule has 0 amide bonds. The van der Waals surface area contributed by atoms with Crippen LogP contribution in [-0.4, -0.2) is 11.1 Å². The molecule has 0 aliphatic carbocycles. The van der Waals surface area contributed by atoms with Crippen LogP contribution in [0.25, 0.3) is 10.8 Å². The fourth-order valence-electron chi connectivity index (χ4n) is 2.49. The summed E-state index contributed by atoms with van der Waals surface area (Å²) in [6, 6.07) is 21.4. The lowest BCUT2D eigenvalue weighted by Gasteiger charge is -2.11. The largest absolute Gasteiger partial charge is 0.489 e. The molecule has 3 nitrogen and oxygen atoms in total. The van der Waals surface area contributed by atoms with E-state index in [9.17, 15) is 4.79 Å². The maximum atomic E-state index is 11.1. The third-order valence-corrected chi connectivity index (χ3v) is 3.51. The molecule has 0 atom stereocenters. The quantitative estimate of drug-likeness (QED) is 0.771. The topological polar surface area (TPSA) is 46.5 Å². The van der Waals surface area contributed by atoms with Gasteiger partial charge in [0.25, 0.3) is 0 Å². The molecule has 0 heterocycles. The van der Waals surface area contributed by atoms with Crippen LogP contribution in [0.2, 0.25) is 0 Å². The second kappa shape index (κ2) is 6.31. The van der Waals surface area contributed by atoms with Gasteiger partial charge in [0.2, 0.25) is 0 Å². The first-order chi connectivity index (χ1) is 10.7. The van der Waals surface area contributed by atoms with Crippen molar-refractivity contribution in [3.05, 3.63) is 77.9 Å². The lowest BCUT2D eigenvalue weighted by Crippen LogP contribution is -2.02. The summed E-state index contributed by atoms with van der Waals surface area (Å²) in [5.41, 5.74) is 1.85. The minimum Gasteiger partial charge on any atom is -0.489 e. The molecule has 22 heavy (non-hydrogen) atoms. The van der Waals surface area contributed by atoms with Crippen LogP contribution < -0.4 is 4.74 Å². The van der Waals surface area contributed by atoms with Crippen LogP contribution in [0, 0.1) is 0 Å². The molecular formula is C19H16O3. The van der Waals surface area contributed by atoms with Crippen LogP contribution in [0.5, 0.6) is 5.75 Å². The van der Waals surface area contributed by atoms with Gasteiger partial charge in [-0.2, -0.15) is 0 Å². The Labute approximate surface area is 128 Å². The zero-order valence-corrected chi connectivity index (χ0v) is 12.0. The Morgan fingerprint density at radius 1 is 0.955 bits per heavy atom. The first kappa shape index (κ1) is 14.1.